The van der Waals surface area contributed by atoms with Crippen molar-refractivity contribution in [2.24, 2.45) is 5.92 Å². The third-order valence-electron chi connectivity index (χ3n) is 9.20. The number of rotatable bonds is 5. The van der Waals surface area contributed by atoms with Gasteiger partial charge < -0.3 is 15.2 Å². The van der Waals surface area contributed by atoms with Gasteiger partial charge in [0.25, 0.3) is 5.91 Å². The van der Waals surface area contributed by atoms with Gasteiger partial charge in [-0.2, -0.15) is 0 Å². The SMILES string of the molecule is COc1ccc(C)c([C@]23CC4CN(C/C=C/c5ccccc5)[C@H]4[C@]2(O)CC[C@@]2(C3)NC(=O)NC2=O)c1. The van der Waals surface area contributed by atoms with E-state index in [1.807, 2.05) is 36.4 Å². The standard InChI is InChI=1S/C29H33N3O4/c1-19-10-11-22(36-2)15-23(19)27-16-21-17-32(14-6-9-20-7-4-3-5-8-20)24(21)29(27,35)13-12-28(18-27)25(33)30-26(34)31-28/h3-11,15,21,24,35H,12-14,16-18H2,1-2H3,(H2,30,31,33,34)/b9-6+/t21?,24-,27-,28+,29-/m1/s1. The van der Waals surface area contributed by atoms with E-state index in [0.717, 1.165) is 42.0 Å². The number of urea groups is 1. The van der Waals surface area contributed by atoms with Gasteiger partial charge >= 0.3 is 6.03 Å². The zero-order chi connectivity index (χ0) is 25.1. The van der Waals surface area contributed by atoms with Crippen LogP contribution in [0.25, 0.3) is 6.08 Å². The van der Waals surface area contributed by atoms with Gasteiger partial charge in [-0.15, -0.1) is 0 Å². The lowest BCUT2D eigenvalue weighted by Crippen LogP contribution is -2.70. The van der Waals surface area contributed by atoms with Gasteiger partial charge in [-0.05, 0) is 67.3 Å². The minimum Gasteiger partial charge on any atom is -0.497 e. The van der Waals surface area contributed by atoms with Crippen LogP contribution in [-0.4, -0.2) is 59.3 Å². The van der Waals surface area contributed by atoms with Crippen molar-refractivity contribution in [3.63, 3.8) is 0 Å². The van der Waals surface area contributed by atoms with Crippen LogP contribution in [0.5, 0.6) is 5.75 Å². The predicted octanol–water partition coefficient (Wildman–Crippen LogP) is 3.15. The summed E-state index contributed by atoms with van der Waals surface area (Å²) in [5, 5.41) is 18.0. The van der Waals surface area contributed by atoms with E-state index in [2.05, 4.69) is 46.7 Å². The van der Waals surface area contributed by atoms with E-state index in [1.165, 1.54) is 0 Å². The second-order valence-electron chi connectivity index (χ2n) is 11.0. The van der Waals surface area contributed by atoms with Gasteiger partial charge in [-0.3, -0.25) is 15.0 Å². The number of likely N-dealkylation sites (tertiary alicyclic amines) is 1. The number of carbonyl (C=O) groups is 2. The quantitative estimate of drug-likeness (QED) is 0.564. The topological polar surface area (TPSA) is 90.9 Å². The summed E-state index contributed by atoms with van der Waals surface area (Å²) < 4.78 is 5.57. The number of amides is 3. The Balaban J connectivity index is 1.38. The molecule has 0 bridgehead atoms. The zero-order valence-electron chi connectivity index (χ0n) is 20.8. The maximum atomic E-state index is 13.0. The highest BCUT2D eigenvalue weighted by Gasteiger charge is 2.73. The third kappa shape index (κ3) is 3.26. The van der Waals surface area contributed by atoms with Gasteiger partial charge in [0.05, 0.1) is 12.7 Å². The number of aliphatic hydroxyl groups is 1. The molecule has 2 aliphatic heterocycles. The van der Waals surface area contributed by atoms with Crippen LogP contribution in [0, 0.1) is 12.8 Å². The molecule has 5 atom stereocenters. The number of benzene rings is 2. The van der Waals surface area contributed by atoms with Crippen molar-refractivity contribution in [3.05, 3.63) is 71.3 Å². The number of carbonyl (C=O) groups excluding carboxylic acids is 2. The maximum Gasteiger partial charge on any atom is 0.322 e. The fraction of sp³-hybridized carbons (Fsp3) is 0.448. The third-order valence-corrected chi connectivity index (χ3v) is 9.20. The molecule has 3 amide bonds. The van der Waals surface area contributed by atoms with E-state index < -0.39 is 22.6 Å². The lowest BCUT2D eigenvalue weighted by Gasteiger charge is -2.57. The minimum atomic E-state index is -1.02. The van der Waals surface area contributed by atoms with Gasteiger partial charge in [0, 0.05) is 24.5 Å². The summed E-state index contributed by atoms with van der Waals surface area (Å²) in [7, 11) is 1.64. The molecule has 0 aromatic heterocycles. The molecule has 36 heavy (non-hydrogen) atoms. The van der Waals surface area contributed by atoms with E-state index >= 15 is 0 Å². The van der Waals surface area contributed by atoms with E-state index in [4.69, 9.17) is 4.74 Å². The smallest absolute Gasteiger partial charge is 0.322 e. The monoisotopic (exact) mass is 487 g/mol. The summed E-state index contributed by atoms with van der Waals surface area (Å²) in [6.07, 6.45) is 6.30. The number of nitrogens with one attached hydrogen (secondary N) is 2. The number of nitrogens with zero attached hydrogens (tertiary/aromatic N) is 1. The van der Waals surface area contributed by atoms with Crippen LogP contribution in [-0.2, 0) is 10.2 Å². The molecular weight excluding hydrogens is 454 g/mol. The first kappa shape index (κ1) is 23.3. The van der Waals surface area contributed by atoms with Crippen molar-refractivity contribution in [1.82, 2.24) is 15.5 Å². The Bertz CT molecular complexity index is 1250. The molecule has 6 rings (SSSR count). The van der Waals surface area contributed by atoms with Crippen molar-refractivity contribution in [2.45, 2.75) is 55.2 Å². The second-order valence-corrected chi connectivity index (χ2v) is 11.0. The summed E-state index contributed by atoms with van der Waals surface area (Å²) in [4.78, 5) is 27.6. The van der Waals surface area contributed by atoms with Crippen LogP contribution in [0.15, 0.2) is 54.6 Å². The molecule has 7 heteroatoms. The van der Waals surface area contributed by atoms with E-state index in [-0.39, 0.29) is 11.9 Å². The zero-order valence-corrected chi connectivity index (χ0v) is 20.8. The lowest BCUT2D eigenvalue weighted by atomic mass is 9.55. The van der Waals surface area contributed by atoms with Crippen molar-refractivity contribution in [1.29, 1.82) is 0 Å². The summed E-state index contributed by atoms with van der Waals surface area (Å²) >= 11 is 0. The molecule has 3 N–H and O–H groups in total. The van der Waals surface area contributed by atoms with Crippen molar-refractivity contribution < 1.29 is 19.4 Å². The molecule has 188 valence electrons. The highest BCUT2D eigenvalue weighted by atomic mass is 16.5. The number of imide groups is 1. The second kappa shape index (κ2) is 8.18. The van der Waals surface area contributed by atoms with Gasteiger partial charge in [-0.25, -0.2) is 4.79 Å². The molecule has 2 saturated carbocycles. The molecule has 1 spiro atoms. The first-order valence-corrected chi connectivity index (χ1v) is 12.8. The van der Waals surface area contributed by atoms with Gasteiger partial charge in [0.1, 0.15) is 11.3 Å². The van der Waals surface area contributed by atoms with E-state index in [9.17, 15) is 14.7 Å². The Kier molecular flexibility index (Phi) is 5.28. The van der Waals surface area contributed by atoms with E-state index in [1.54, 1.807) is 7.11 Å². The Morgan fingerprint density at radius 1 is 1.17 bits per heavy atom. The molecule has 1 unspecified atom stereocenters. The molecule has 2 aromatic carbocycles. The Labute approximate surface area is 211 Å². The van der Waals surface area contributed by atoms with Crippen LogP contribution < -0.4 is 15.4 Å². The first-order valence-electron chi connectivity index (χ1n) is 12.8. The van der Waals surface area contributed by atoms with Crippen molar-refractivity contribution >= 4 is 18.0 Å². The number of fused-ring (bicyclic) bond motifs is 3. The maximum absolute atomic E-state index is 13.0. The fourth-order valence-corrected chi connectivity index (χ4v) is 7.66. The Hall–Kier alpha value is -3.16. The summed E-state index contributed by atoms with van der Waals surface area (Å²) in [5.41, 5.74) is 0.544. The molecule has 2 heterocycles. The fourth-order valence-electron chi connectivity index (χ4n) is 7.66. The average molecular weight is 488 g/mol. The van der Waals surface area contributed by atoms with Crippen LogP contribution >= 0.6 is 0 Å². The predicted molar refractivity (Wildman–Crippen MR) is 137 cm³/mol. The number of hydrogen-bond donors (Lipinski definition) is 3. The van der Waals surface area contributed by atoms with Crippen LogP contribution in [0.3, 0.4) is 0 Å². The molecule has 0 radical (unpaired) electrons. The molecule has 2 aromatic rings. The molecule has 4 fully saturated rings. The summed E-state index contributed by atoms with van der Waals surface area (Å²) in [6.45, 7) is 3.72. The molecular formula is C29H33N3O4. The van der Waals surface area contributed by atoms with E-state index in [0.29, 0.717) is 25.2 Å². The van der Waals surface area contributed by atoms with Crippen LogP contribution in [0.4, 0.5) is 4.79 Å². The summed E-state index contributed by atoms with van der Waals surface area (Å²) in [5.74, 6) is 0.770. The number of ether oxygens (including phenoxy) is 1. The summed E-state index contributed by atoms with van der Waals surface area (Å²) in [6, 6.07) is 15.8. The molecule has 7 nitrogen and oxygen atoms in total. The lowest BCUT2D eigenvalue weighted by molar-refractivity contribution is -0.146. The Morgan fingerprint density at radius 2 is 1.97 bits per heavy atom. The number of methoxy groups -OCH3 is 1. The highest BCUT2D eigenvalue weighted by molar-refractivity contribution is 6.07. The van der Waals surface area contributed by atoms with Crippen LogP contribution in [0.1, 0.15) is 42.4 Å². The highest BCUT2D eigenvalue weighted by Crippen LogP contribution is 2.65. The van der Waals surface area contributed by atoms with Crippen molar-refractivity contribution in [3.8, 4) is 5.75 Å². The first-order chi connectivity index (χ1) is 17.3. The minimum absolute atomic E-state index is 0.000963. The number of aryl methyl sites for hydroxylation is 1. The number of hydrogen-bond acceptors (Lipinski definition) is 5. The largest absolute Gasteiger partial charge is 0.497 e. The Morgan fingerprint density at radius 3 is 2.69 bits per heavy atom. The molecule has 2 saturated heterocycles. The normalized spacial score (nSPS) is 35.3. The van der Waals surface area contributed by atoms with Gasteiger partial charge in [-0.1, -0.05) is 48.6 Å². The molecule has 2 aliphatic carbocycles. The van der Waals surface area contributed by atoms with Crippen LogP contribution in [0.2, 0.25) is 0 Å². The molecule has 4 aliphatic rings. The van der Waals surface area contributed by atoms with Gasteiger partial charge in [0.2, 0.25) is 0 Å². The van der Waals surface area contributed by atoms with Crippen molar-refractivity contribution in [2.75, 3.05) is 20.2 Å². The van der Waals surface area contributed by atoms with Gasteiger partial charge in [0.15, 0.2) is 0 Å². The average Bonchev–Trinajstić information content (AvgIpc) is 3.24.